The standard InChI is InChI=1S/C26H27NO5S/c28-20(16-19-17-6-1-3-9-22(17)33-23-10-4-2-7-18(19)23)24-25(29)21(32-26(24)30)8-5-11-27-12-14-31-15-13-27/h1-4,6-7,9-10,19,21,24H,5,8,11-16H2. The first-order valence-corrected chi connectivity index (χ1v) is 12.4. The average Bonchev–Trinajstić information content (AvgIpc) is 3.12. The number of morpholine rings is 1. The first kappa shape index (κ1) is 22.3. The first-order valence-electron chi connectivity index (χ1n) is 11.5. The number of carbonyl (C=O) groups is 3. The molecular formula is C26H27NO5S. The van der Waals surface area contributed by atoms with Gasteiger partial charge in [0.25, 0.3) is 0 Å². The lowest BCUT2D eigenvalue weighted by molar-refractivity contribution is -0.147. The summed E-state index contributed by atoms with van der Waals surface area (Å²) in [6.07, 6.45) is 0.498. The number of ether oxygens (including phenoxy) is 2. The van der Waals surface area contributed by atoms with Crippen molar-refractivity contribution in [2.24, 2.45) is 5.92 Å². The molecule has 5 rings (SSSR count). The maximum absolute atomic E-state index is 13.3. The third-order valence-corrected chi connectivity index (χ3v) is 7.86. The van der Waals surface area contributed by atoms with E-state index >= 15 is 0 Å². The Kier molecular flexibility index (Phi) is 6.62. The van der Waals surface area contributed by atoms with E-state index in [1.165, 1.54) is 0 Å². The number of esters is 1. The highest BCUT2D eigenvalue weighted by Gasteiger charge is 2.48. The summed E-state index contributed by atoms with van der Waals surface area (Å²) in [6.45, 7) is 4.03. The normalized spacial score (nSPS) is 23.2. The highest BCUT2D eigenvalue weighted by molar-refractivity contribution is 7.99. The van der Waals surface area contributed by atoms with Gasteiger partial charge in [-0.1, -0.05) is 48.2 Å². The largest absolute Gasteiger partial charge is 0.453 e. The number of cyclic esters (lactones) is 1. The lowest BCUT2D eigenvalue weighted by Crippen LogP contribution is -2.37. The number of rotatable bonds is 7. The molecule has 0 amide bonds. The van der Waals surface area contributed by atoms with Gasteiger partial charge in [0, 0.05) is 35.2 Å². The van der Waals surface area contributed by atoms with Crippen molar-refractivity contribution in [2.45, 2.75) is 41.1 Å². The molecule has 0 spiro atoms. The second-order valence-corrected chi connectivity index (χ2v) is 9.84. The molecule has 0 N–H and O–H groups in total. The molecule has 2 unspecified atom stereocenters. The highest BCUT2D eigenvalue weighted by atomic mass is 32.2. The van der Waals surface area contributed by atoms with Crippen LogP contribution in [0.2, 0.25) is 0 Å². The van der Waals surface area contributed by atoms with Gasteiger partial charge >= 0.3 is 5.97 Å². The van der Waals surface area contributed by atoms with Crippen LogP contribution in [0.4, 0.5) is 0 Å². The second-order valence-electron chi connectivity index (χ2n) is 8.76. The Morgan fingerprint density at radius 1 is 0.970 bits per heavy atom. The Hall–Kier alpha value is -2.48. The summed E-state index contributed by atoms with van der Waals surface area (Å²) < 4.78 is 10.7. The van der Waals surface area contributed by atoms with Crippen LogP contribution >= 0.6 is 11.8 Å². The van der Waals surface area contributed by atoms with Crippen LogP contribution in [0.5, 0.6) is 0 Å². The van der Waals surface area contributed by atoms with Crippen LogP contribution in [0.3, 0.4) is 0 Å². The number of ketones is 2. The third-order valence-electron chi connectivity index (χ3n) is 6.68. The Morgan fingerprint density at radius 2 is 1.61 bits per heavy atom. The SMILES string of the molecule is O=C(CC1c2ccccc2Sc2ccccc21)C1C(=O)OC(CCCN2CCOCC2)C1=O. The molecule has 7 heteroatoms. The predicted molar refractivity (Wildman–Crippen MR) is 123 cm³/mol. The topological polar surface area (TPSA) is 72.9 Å². The number of nitrogens with zero attached hydrogens (tertiary/aromatic N) is 1. The van der Waals surface area contributed by atoms with Crippen molar-refractivity contribution in [3.63, 3.8) is 0 Å². The molecule has 0 aromatic heterocycles. The molecule has 2 aromatic rings. The van der Waals surface area contributed by atoms with Crippen molar-refractivity contribution in [2.75, 3.05) is 32.8 Å². The summed E-state index contributed by atoms with van der Waals surface area (Å²) in [6, 6.07) is 16.0. The van der Waals surface area contributed by atoms with E-state index in [9.17, 15) is 14.4 Å². The maximum atomic E-state index is 13.3. The maximum Gasteiger partial charge on any atom is 0.325 e. The van der Waals surface area contributed by atoms with Crippen LogP contribution < -0.4 is 0 Å². The number of carbonyl (C=O) groups excluding carboxylic acids is 3. The number of hydrogen-bond donors (Lipinski definition) is 0. The van der Waals surface area contributed by atoms with Crippen LogP contribution in [-0.2, 0) is 23.9 Å². The lowest BCUT2D eigenvalue weighted by atomic mass is 9.83. The monoisotopic (exact) mass is 465 g/mol. The Labute approximate surface area is 197 Å². The highest BCUT2D eigenvalue weighted by Crippen LogP contribution is 2.47. The molecule has 33 heavy (non-hydrogen) atoms. The van der Waals surface area contributed by atoms with Crippen LogP contribution in [-0.4, -0.2) is 61.4 Å². The minimum Gasteiger partial charge on any atom is -0.453 e. The minimum atomic E-state index is -1.30. The molecule has 3 aliphatic heterocycles. The smallest absolute Gasteiger partial charge is 0.325 e. The van der Waals surface area contributed by atoms with Gasteiger partial charge in [0.05, 0.1) is 13.2 Å². The van der Waals surface area contributed by atoms with E-state index in [0.29, 0.717) is 6.42 Å². The number of hydrogen-bond acceptors (Lipinski definition) is 7. The van der Waals surface area contributed by atoms with Gasteiger partial charge in [-0.2, -0.15) is 0 Å². The van der Waals surface area contributed by atoms with E-state index in [2.05, 4.69) is 4.90 Å². The van der Waals surface area contributed by atoms with Gasteiger partial charge in [0.2, 0.25) is 0 Å². The molecule has 3 aliphatic rings. The predicted octanol–water partition coefficient (Wildman–Crippen LogP) is 3.47. The molecule has 2 fully saturated rings. The summed E-state index contributed by atoms with van der Waals surface area (Å²) in [5.74, 6) is -2.88. The molecule has 2 aromatic carbocycles. The van der Waals surface area contributed by atoms with Crippen LogP contribution in [0.25, 0.3) is 0 Å². The summed E-state index contributed by atoms with van der Waals surface area (Å²) in [4.78, 5) is 43.3. The Balaban J connectivity index is 1.26. The van der Waals surface area contributed by atoms with Gasteiger partial charge in [0.1, 0.15) is 0 Å². The Bertz CT molecular complexity index is 1020. The molecule has 2 atom stereocenters. The van der Waals surface area contributed by atoms with Gasteiger partial charge in [-0.15, -0.1) is 0 Å². The zero-order valence-corrected chi connectivity index (χ0v) is 19.2. The van der Waals surface area contributed by atoms with Gasteiger partial charge in [-0.3, -0.25) is 19.3 Å². The van der Waals surface area contributed by atoms with E-state index in [1.807, 2.05) is 48.5 Å². The number of Topliss-reactive ketones (excluding diaryl/α,β-unsaturated/α-hetero) is 2. The average molecular weight is 466 g/mol. The zero-order chi connectivity index (χ0) is 22.8. The van der Waals surface area contributed by atoms with Crippen molar-refractivity contribution in [1.82, 2.24) is 4.90 Å². The summed E-state index contributed by atoms with van der Waals surface area (Å²) in [5.41, 5.74) is 2.13. The van der Waals surface area contributed by atoms with Crippen LogP contribution in [0, 0.1) is 5.92 Å². The molecular weight excluding hydrogens is 438 g/mol. The number of fused-ring (bicyclic) bond motifs is 2. The van der Waals surface area contributed by atoms with Crippen molar-refractivity contribution >= 4 is 29.3 Å². The van der Waals surface area contributed by atoms with Crippen molar-refractivity contribution in [3.8, 4) is 0 Å². The lowest BCUT2D eigenvalue weighted by Gasteiger charge is -2.27. The Morgan fingerprint density at radius 3 is 2.27 bits per heavy atom. The van der Waals surface area contributed by atoms with E-state index in [-0.39, 0.29) is 23.9 Å². The van der Waals surface area contributed by atoms with Gasteiger partial charge in [-0.25, -0.2) is 0 Å². The summed E-state index contributed by atoms with van der Waals surface area (Å²) >= 11 is 1.69. The zero-order valence-electron chi connectivity index (χ0n) is 18.4. The van der Waals surface area contributed by atoms with E-state index in [1.54, 1.807) is 11.8 Å². The minimum absolute atomic E-state index is 0.112. The van der Waals surface area contributed by atoms with Crippen molar-refractivity contribution in [3.05, 3.63) is 59.7 Å². The van der Waals surface area contributed by atoms with Crippen LogP contribution in [0.15, 0.2) is 58.3 Å². The quantitative estimate of drug-likeness (QED) is 0.458. The second kappa shape index (κ2) is 9.79. The van der Waals surface area contributed by atoms with Crippen molar-refractivity contribution < 1.29 is 23.9 Å². The summed E-state index contributed by atoms with van der Waals surface area (Å²) in [7, 11) is 0. The third kappa shape index (κ3) is 4.63. The van der Waals surface area contributed by atoms with Gasteiger partial charge in [-0.05, 0) is 42.6 Å². The van der Waals surface area contributed by atoms with Gasteiger partial charge < -0.3 is 9.47 Å². The van der Waals surface area contributed by atoms with Gasteiger partial charge in [0.15, 0.2) is 23.6 Å². The fourth-order valence-electron chi connectivity index (χ4n) is 4.93. The molecule has 2 saturated heterocycles. The molecule has 6 nitrogen and oxygen atoms in total. The summed E-state index contributed by atoms with van der Waals surface area (Å²) in [5, 5.41) is 0. The van der Waals surface area contributed by atoms with E-state index in [4.69, 9.17) is 9.47 Å². The molecule has 0 saturated carbocycles. The van der Waals surface area contributed by atoms with Crippen molar-refractivity contribution in [1.29, 1.82) is 0 Å². The van der Waals surface area contributed by atoms with Crippen LogP contribution in [0.1, 0.15) is 36.3 Å². The molecule has 3 heterocycles. The molecule has 172 valence electrons. The fraction of sp³-hybridized carbons (Fsp3) is 0.423. The molecule has 0 bridgehead atoms. The number of benzene rings is 2. The molecule has 0 aliphatic carbocycles. The fourth-order valence-corrected chi connectivity index (χ4v) is 6.12. The molecule has 0 radical (unpaired) electrons. The van der Waals surface area contributed by atoms with E-state index < -0.39 is 18.0 Å². The van der Waals surface area contributed by atoms with E-state index in [0.717, 1.165) is 60.2 Å². The first-order chi connectivity index (χ1) is 16.1.